The van der Waals surface area contributed by atoms with Crippen LogP contribution < -0.4 is 14.2 Å². The molecule has 0 spiro atoms. The fourth-order valence-corrected chi connectivity index (χ4v) is 2.43. The molecule has 2 aromatic carbocycles. The van der Waals surface area contributed by atoms with Gasteiger partial charge >= 0.3 is 0 Å². The topological polar surface area (TPSA) is 47.9 Å². The van der Waals surface area contributed by atoms with E-state index < -0.39 is 0 Å². The number of ether oxygens (including phenoxy) is 3. The molecule has 0 aliphatic carbocycles. The number of fused-ring (bicyclic) bond motifs is 1. The second kappa shape index (κ2) is 5.40. The number of allylic oxidation sites excluding steroid dienone is 1. The fraction of sp³-hybridized carbons (Fsp3) is 0.176. The van der Waals surface area contributed by atoms with E-state index in [0.717, 1.165) is 23.1 Å². The summed E-state index contributed by atoms with van der Waals surface area (Å²) in [6.07, 6.45) is 2.46. The Labute approximate surface area is 123 Å². The predicted molar refractivity (Wildman–Crippen MR) is 80.0 cm³/mol. The average Bonchev–Trinajstić information content (AvgIpc) is 2.53. The Kier molecular flexibility index (Phi) is 3.44. The molecule has 3 rings (SSSR count). The molecule has 21 heavy (non-hydrogen) atoms. The van der Waals surface area contributed by atoms with E-state index in [9.17, 15) is 5.11 Å². The van der Waals surface area contributed by atoms with E-state index in [4.69, 9.17) is 14.2 Å². The molecular formula is C17H16O4. The Morgan fingerprint density at radius 3 is 2.43 bits per heavy atom. The molecule has 0 bridgehead atoms. The van der Waals surface area contributed by atoms with Crippen LogP contribution in [-0.2, 0) is 6.42 Å². The molecule has 0 fully saturated rings. The first kappa shape index (κ1) is 13.4. The van der Waals surface area contributed by atoms with Crippen molar-refractivity contribution in [1.82, 2.24) is 0 Å². The van der Waals surface area contributed by atoms with Gasteiger partial charge in [-0.05, 0) is 29.3 Å². The Morgan fingerprint density at radius 1 is 1.00 bits per heavy atom. The minimum atomic E-state index is 0.253. The molecule has 1 aliphatic rings. The fourth-order valence-electron chi connectivity index (χ4n) is 2.43. The number of hydrogen-bond acceptors (Lipinski definition) is 4. The van der Waals surface area contributed by atoms with Crippen LogP contribution in [-0.4, -0.2) is 19.3 Å². The molecule has 0 unspecified atom stereocenters. The molecule has 0 aromatic heterocycles. The van der Waals surface area contributed by atoms with Gasteiger partial charge < -0.3 is 19.3 Å². The Bertz CT molecular complexity index is 687. The van der Waals surface area contributed by atoms with Gasteiger partial charge in [0.15, 0.2) is 11.5 Å². The minimum Gasteiger partial charge on any atom is -0.508 e. The van der Waals surface area contributed by atoms with E-state index in [2.05, 4.69) is 0 Å². The third-order valence-corrected chi connectivity index (χ3v) is 3.52. The van der Waals surface area contributed by atoms with Crippen molar-refractivity contribution < 1.29 is 19.3 Å². The van der Waals surface area contributed by atoms with Gasteiger partial charge in [0, 0.05) is 12.0 Å². The number of methoxy groups -OCH3 is 2. The van der Waals surface area contributed by atoms with Crippen LogP contribution in [0, 0.1) is 0 Å². The molecule has 1 N–H and O–H groups in total. The van der Waals surface area contributed by atoms with Crippen LogP contribution in [0.1, 0.15) is 11.1 Å². The van der Waals surface area contributed by atoms with Gasteiger partial charge in [0.2, 0.25) is 5.75 Å². The second-order valence-electron chi connectivity index (χ2n) is 4.77. The van der Waals surface area contributed by atoms with Gasteiger partial charge in [-0.1, -0.05) is 18.2 Å². The van der Waals surface area contributed by atoms with E-state index >= 15 is 0 Å². The molecule has 4 heteroatoms. The maximum absolute atomic E-state index is 9.36. The predicted octanol–water partition coefficient (Wildman–Crippen LogP) is 3.39. The minimum absolute atomic E-state index is 0.253. The summed E-state index contributed by atoms with van der Waals surface area (Å²) >= 11 is 0. The van der Waals surface area contributed by atoms with E-state index in [-0.39, 0.29) is 5.75 Å². The van der Waals surface area contributed by atoms with E-state index in [0.29, 0.717) is 17.2 Å². The van der Waals surface area contributed by atoms with Gasteiger partial charge in [-0.2, -0.15) is 0 Å². The highest BCUT2D eigenvalue weighted by Gasteiger charge is 2.21. The van der Waals surface area contributed by atoms with Crippen LogP contribution in [0.2, 0.25) is 0 Å². The summed E-state index contributed by atoms with van der Waals surface area (Å²) in [6.45, 7) is 0. The Hall–Kier alpha value is -2.62. The number of aromatic hydroxyl groups is 1. The second-order valence-corrected chi connectivity index (χ2v) is 4.77. The third-order valence-electron chi connectivity index (χ3n) is 3.52. The van der Waals surface area contributed by atoms with Gasteiger partial charge in [-0.15, -0.1) is 0 Å². The molecule has 1 heterocycles. The lowest BCUT2D eigenvalue weighted by molar-refractivity contribution is 0.333. The SMILES string of the molecule is COc1ccc2c(c1OC)OC=C(c1ccc(O)cc1)C2. The lowest BCUT2D eigenvalue weighted by Gasteiger charge is -2.21. The molecule has 4 nitrogen and oxygen atoms in total. The summed E-state index contributed by atoms with van der Waals surface area (Å²) in [5.74, 6) is 2.20. The van der Waals surface area contributed by atoms with Crippen LogP contribution in [0.3, 0.4) is 0 Å². The number of phenolic OH excluding ortho intramolecular Hbond substituents is 1. The Morgan fingerprint density at radius 2 is 1.76 bits per heavy atom. The zero-order valence-electron chi connectivity index (χ0n) is 11.9. The summed E-state index contributed by atoms with van der Waals surface area (Å²) < 4.78 is 16.4. The van der Waals surface area contributed by atoms with E-state index in [1.54, 1.807) is 32.6 Å². The lowest BCUT2D eigenvalue weighted by atomic mass is 9.96. The van der Waals surface area contributed by atoms with Crippen molar-refractivity contribution in [3.63, 3.8) is 0 Å². The lowest BCUT2D eigenvalue weighted by Crippen LogP contribution is -2.05. The largest absolute Gasteiger partial charge is 0.508 e. The monoisotopic (exact) mass is 284 g/mol. The molecule has 0 saturated carbocycles. The maximum Gasteiger partial charge on any atom is 0.204 e. The van der Waals surface area contributed by atoms with Gasteiger partial charge in [-0.3, -0.25) is 0 Å². The van der Waals surface area contributed by atoms with Crippen molar-refractivity contribution in [2.45, 2.75) is 6.42 Å². The molecule has 1 aliphatic heterocycles. The van der Waals surface area contributed by atoms with Gasteiger partial charge in [-0.25, -0.2) is 0 Å². The molecule has 0 amide bonds. The summed E-state index contributed by atoms with van der Waals surface area (Å²) in [5, 5.41) is 9.36. The van der Waals surface area contributed by atoms with Crippen molar-refractivity contribution in [3.05, 3.63) is 53.8 Å². The van der Waals surface area contributed by atoms with Crippen LogP contribution in [0.4, 0.5) is 0 Å². The van der Waals surface area contributed by atoms with Crippen molar-refractivity contribution >= 4 is 5.57 Å². The van der Waals surface area contributed by atoms with E-state index in [1.165, 1.54) is 0 Å². The van der Waals surface area contributed by atoms with Crippen molar-refractivity contribution in [2.24, 2.45) is 0 Å². The number of rotatable bonds is 3. The standard InChI is InChI=1S/C17H16O4/c1-19-15-8-5-12-9-13(10-21-16(12)17(15)20-2)11-3-6-14(18)7-4-11/h3-8,10,18H,9H2,1-2H3. The number of hydrogen-bond donors (Lipinski definition) is 1. The summed E-state index contributed by atoms with van der Waals surface area (Å²) in [6, 6.07) is 10.9. The first-order valence-corrected chi connectivity index (χ1v) is 6.62. The zero-order chi connectivity index (χ0) is 14.8. The molecule has 0 saturated heterocycles. The average molecular weight is 284 g/mol. The van der Waals surface area contributed by atoms with Gasteiger partial charge in [0.1, 0.15) is 5.75 Å². The summed E-state index contributed by atoms with van der Waals surface area (Å²) in [5.41, 5.74) is 3.11. The highest BCUT2D eigenvalue weighted by Crippen LogP contribution is 2.43. The zero-order valence-corrected chi connectivity index (χ0v) is 11.9. The molecule has 108 valence electrons. The summed E-state index contributed by atoms with van der Waals surface area (Å²) in [7, 11) is 3.20. The third kappa shape index (κ3) is 2.40. The van der Waals surface area contributed by atoms with Gasteiger partial charge in [0.05, 0.1) is 20.5 Å². The maximum atomic E-state index is 9.36. The quantitative estimate of drug-likeness (QED) is 0.938. The first-order chi connectivity index (χ1) is 10.2. The molecular weight excluding hydrogens is 268 g/mol. The van der Waals surface area contributed by atoms with Crippen molar-refractivity contribution in [1.29, 1.82) is 0 Å². The smallest absolute Gasteiger partial charge is 0.204 e. The van der Waals surface area contributed by atoms with Crippen molar-refractivity contribution in [2.75, 3.05) is 14.2 Å². The van der Waals surface area contributed by atoms with Crippen LogP contribution in [0.15, 0.2) is 42.7 Å². The van der Waals surface area contributed by atoms with Crippen LogP contribution in [0.5, 0.6) is 23.0 Å². The van der Waals surface area contributed by atoms with E-state index in [1.807, 2.05) is 24.3 Å². The molecule has 0 radical (unpaired) electrons. The normalized spacial score (nSPS) is 13.0. The Balaban J connectivity index is 1.96. The number of phenols is 1. The highest BCUT2D eigenvalue weighted by molar-refractivity contribution is 5.72. The van der Waals surface area contributed by atoms with Crippen LogP contribution >= 0.6 is 0 Å². The first-order valence-electron chi connectivity index (χ1n) is 6.62. The van der Waals surface area contributed by atoms with Gasteiger partial charge in [0.25, 0.3) is 0 Å². The van der Waals surface area contributed by atoms with Crippen molar-refractivity contribution in [3.8, 4) is 23.0 Å². The summed E-state index contributed by atoms with van der Waals surface area (Å²) in [4.78, 5) is 0. The molecule has 2 aromatic rings. The number of benzene rings is 2. The highest BCUT2D eigenvalue weighted by atomic mass is 16.5. The van der Waals surface area contributed by atoms with Crippen LogP contribution in [0.25, 0.3) is 5.57 Å². The molecule has 0 atom stereocenters.